The highest BCUT2D eigenvalue weighted by molar-refractivity contribution is 5.94. The predicted octanol–water partition coefficient (Wildman–Crippen LogP) is 3.35. The second-order valence-corrected chi connectivity index (χ2v) is 8.86. The third-order valence-electron chi connectivity index (χ3n) is 6.48. The number of hydrogen-bond donors (Lipinski definition) is 2. The van der Waals surface area contributed by atoms with Crippen molar-refractivity contribution in [1.82, 2.24) is 15.2 Å². The van der Waals surface area contributed by atoms with E-state index in [2.05, 4.69) is 39.5 Å². The van der Waals surface area contributed by atoms with Gasteiger partial charge in [-0.25, -0.2) is 0 Å². The summed E-state index contributed by atoms with van der Waals surface area (Å²) in [6, 6.07) is 12.2. The Labute approximate surface area is 179 Å². The second kappa shape index (κ2) is 10.2. The highest BCUT2D eigenvalue weighted by Crippen LogP contribution is 2.26. The number of carbonyl (C=O) groups excluding carboxylic acids is 1. The Balaban J connectivity index is 1.24. The monoisotopic (exact) mass is 407 g/mol. The van der Waals surface area contributed by atoms with Gasteiger partial charge in [0.1, 0.15) is 0 Å². The van der Waals surface area contributed by atoms with Crippen LogP contribution in [0.25, 0.3) is 0 Å². The number of aliphatic hydroxyl groups is 1. The van der Waals surface area contributed by atoms with Crippen molar-refractivity contribution in [2.45, 2.75) is 57.6 Å². The van der Waals surface area contributed by atoms with E-state index >= 15 is 0 Å². The lowest BCUT2D eigenvalue weighted by atomic mass is 9.86. The second-order valence-electron chi connectivity index (χ2n) is 8.86. The summed E-state index contributed by atoms with van der Waals surface area (Å²) >= 11 is 0. The molecule has 0 bridgehead atoms. The van der Waals surface area contributed by atoms with Crippen molar-refractivity contribution in [3.8, 4) is 0 Å². The number of aliphatic hydroxyl groups excluding tert-OH is 1. The minimum atomic E-state index is -0.581. The average Bonchev–Trinajstić information content (AvgIpc) is 2.78. The van der Waals surface area contributed by atoms with Gasteiger partial charge in [-0.2, -0.15) is 0 Å². The number of pyridine rings is 1. The molecule has 2 heterocycles. The van der Waals surface area contributed by atoms with Gasteiger partial charge in [-0.05, 0) is 42.0 Å². The van der Waals surface area contributed by atoms with Gasteiger partial charge < -0.3 is 10.4 Å². The molecular weight excluding hydrogens is 374 g/mol. The minimum absolute atomic E-state index is 0.134. The third kappa shape index (κ3) is 5.67. The SMILES string of the molecule is O=C(NC[C@H](O)CN1CCc2ccccc2C1)c1ccnc(CC2CCCCC2)c1. The van der Waals surface area contributed by atoms with Gasteiger partial charge in [0.25, 0.3) is 5.91 Å². The first-order valence-corrected chi connectivity index (χ1v) is 11.4. The Hall–Kier alpha value is -2.24. The Morgan fingerprint density at radius 3 is 2.80 bits per heavy atom. The zero-order chi connectivity index (χ0) is 20.8. The molecule has 1 fully saturated rings. The largest absolute Gasteiger partial charge is 0.390 e. The first-order chi connectivity index (χ1) is 14.7. The topological polar surface area (TPSA) is 65.5 Å². The van der Waals surface area contributed by atoms with Crippen molar-refractivity contribution < 1.29 is 9.90 Å². The number of hydrogen-bond acceptors (Lipinski definition) is 4. The molecule has 5 nitrogen and oxygen atoms in total. The lowest BCUT2D eigenvalue weighted by molar-refractivity contribution is 0.0841. The molecule has 1 aliphatic heterocycles. The smallest absolute Gasteiger partial charge is 0.251 e. The van der Waals surface area contributed by atoms with Gasteiger partial charge in [-0.15, -0.1) is 0 Å². The highest BCUT2D eigenvalue weighted by Gasteiger charge is 2.19. The molecule has 2 aromatic rings. The fourth-order valence-electron chi connectivity index (χ4n) is 4.80. The van der Waals surface area contributed by atoms with E-state index in [1.807, 2.05) is 6.07 Å². The maximum atomic E-state index is 12.6. The molecular formula is C25H33N3O2. The van der Waals surface area contributed by atoms with Crippen LogP contribution in [0.3, 0.4) is 0 Å². The quantitative estimate of drug-likeness (QED) is 0.739. The minimum Gasteiger partial charge on any atom is -0.390 e. The Morgan fingerprint density at radius 1 is 1.17 bits per heavy atom. The van der Waals surface area contributed by atoms with Crippen LogP contribution in [0.2, 0.25) is 0 Å². The predicted molar refractivity (Wildman–Crippen MR) is 118 cm³/mol. The molecule has 2 N–H and O–H groups in total. The van der Waals surface area contributed by atoms with Crippen LogP contribution in [0.4, 0.5) is 0 Å². The fraction of sp³-hybridized carbons (Fsp3) is 0.520. The van der Waals surface area contributed by atoms with Crippen LogP contribution in [-0.4, -0.2) is 46.6 Å². The summed E-state index contributed by atoms with van der Waals surface area (Å²) in [5, 5.41) is 13.3. The normalized spacial score (nSPS) is 18.6. The number of nitrogens with one attached hydrogen (secondary N) is 1. The van der Waals surface area contributed by atoms with Gasteiger partial charge >= 0.3 is 0 Å². The van der Waals surface area contributed by atoms with Crippen molar-refractivity contribution in [3.05, 3.63) is 65.0 Å². The lowest BCUT2D eigenvalue weighted by Crippen LogP contribution is -2.42. The fourth-order valence-corrected chi connectivity index (χ4v) is 4.80. The summed E-state index contributed by atoms with van der Waals surface area (Å²) in [5.74, 6) is 0.561. The summed E-state index contributed by atoms with van der Waals surface area (Å²) in [6.07, 6.45) is 9.62. The van der Waals surface area contributed by atoms with E-state index in [4.69, 9.17) is 0 Å². The van der Waals surface area contributed by atoms with Crippen molar-refractivity contribution in [2.24, 2.45) is 5.92 Å². The van der Waals surface area contributed by atoms with Crippen LogP contribution >= 0.6 is 0 Å². The Bertz CT molecular complexity index is 848. The summed E-state index contributed by atoms with van der Waals surface area (Å²) in [4.78, 5) is 19.3. The van der Waals surface area contributed by atoms with Crippen LogP contribution in [0.15, 0.2) is 42.6 Å². The van der Waals surface area contributed by atoms with E-state index < -0.39 is 6.10 Å². The van der Waals surface area contributed by atoms with Gasteiger partial charge in [0, 0.05) is 43.6 Å². The van der Waals surface area contributed by atoms with Crippen molar-refractivity contribution in [2.75, 3.05) is 19.6 Å². The third-order valence-corrected chi connectivity index (χ3v) is 6.48. The van der Waals surface area contributed by atoms with E-state index in [0.29, 0.717) is 18.0 Å². The number of β-amino-alcohol motifs (C(OH)–C–C–N with tert-alkyl or cyclic N) is 1. The number of benzene rings is 1. The Kier molecular flexibility index (Phi) is 7.13. The summed E-state index contributed by atoms with van der Waals surface area (Å²) in [6.45, 7) is 2.63. The standard InChI is InChI=1S/C25H33N3O2/c29-24(18-28-13-11-20-8-4-5-9-22(20)17-28)16-27-25(30)21-10-12-26-23(15-21)14-19-6-2-1-3-7-19/h4-5,8-10,12,15,19,24,29H,1-3,6-7,11,13-14,16-18H2,(H,27,30)/t24-/m0/s1. The molecule has 0 radical (unpaired) electrons. The molecule has 0 spiro atoms. The summed E-state index contributed by atoms with van der Waals surface area (Å²) in [5.41, 5.74) is 4.37. The van der Waals surface area contributed by atoms with Crippen molar-refractivity contribution in [1.29, 1.82) is 0 Å². The maximum absolute atomic E-state index is 12.6. The van der Waals surface area contributed by atoms with Crippen LogP contribution < -0.4 is 5.32 Å². The molecule has 1 amide bonds. The number of fused-ring (bicyclic) bond motifs is 1. The van der Waals surface area contributed by atoms with Gasteiger partial charge in [0.05, 0.1) is 6.10 Å². The van der Waals surface area contributed by atoms with Crippen LogP contribution in [-0.2, 0) is 19.4 Å². The van der Waals surface area contributed by atoms with E-state index in [0.717, 1.165) is 31.6 Å². The van der Waals surface area contributed by atoms with Gasteiger partial charge in [0.2, 0.25) is 0 Å². The number of nitrogens with zero attached hydrogens (tertiary/aromatic N) is 2. The maximum Gasteiger partial charge on any atom is 0.251 e. The zero-order valence-electron chi connectivity index (χ0n) is 17.7. The molecule has 2 aliphatic rings. The van der Waals surface area contributed by atoms with Crippen molar-refractivity contribution in [3.63, 3.8) is 0 Å². The van der Waals surface area contributed by atoms with E-state index in [1.165, 1.54) is 43.2 Å². The number of amides is 1. The summed E-state index contributed by atoms with van der Waals surface area (Å²) < 4.78 is 0. The van der Waals surface area contributed by atoms with Gasteiger partial charge in [-0.1, -0.05) is 56.4 Å². The highest BCUT2D eigenvalue weighted by atomic mass is 16.3. The number of rotatable bonds is 7. The van der Waals surface area contributed by atoms with Crippen LogP contribution in [0, 0.1) is 5.92 Å². The number of aromatic nitrogens is 1. The summed E-state index contributed by atoms with van der Waals surface area (Å²) in [7, 11) is 0. The molecule has 0 saturated heterocycles. The molecule has 1 aromatic heterocycles. The number of carbonyl (C=O) groups is 1. The molecule has 1 saturated carbocycles. The zero-order valence-corrected chi connectivity index (χ0v) is 17.7. The molecule has 0 unspecified atom stereocenters. The molecule has 160 valence electrons. The van der Waals surface area contributed by atoms with Crippen LogP contribution in [0.5, 0.6) is 0 Å². The van der Waals surface area contributed by atoms with Gasteiger partial charge in [-0.3, -0.25) is 14.7 Å². The lowest BCUT2D eigenvalue weighted by Gasteiger charge is -2.30. The molecule has 1 aromatic carbocycles. The van der Waals surface area contributed by atoms with Gasteiger partial charge in [0.15, 0.2) is 0 Å². The molecule has 1 atom stereocenters. The molecule has 4 rings (SSSR count). The average molecular weight is 408 g/mol. The van der Waals surface area contributed by atoms with E-state index in [9.17, 15) is 9.90 Å². The Morgan fingerprint density at radius 2 is 1.97 bits per heavy atom. The van der Waals surface area contributed by atoms with E-state index in [-0.39, 0.29) is 12.5 Å². The van der Waals surface area contributed by atoms with E-state index in [1.54, 1.807) is 12.3 Å². The molecule has 5 heteroatoms. The van der Waals surface area contributed by atoms with Crippen molar-refractivity contribution >= 4 is 5.91 Å². The molecule has 1 aliphatic carbocycles. The van der Waals surface area contributed by atoms with Crippen LogP contribution in [0.1, 0.15) is 59.3 Å². The first kappa shape index (κ1) is 21.0. The first-order valence-electron chi connectivity index (χ1n) is 11.4. The molecule has 30 heavy (non-hydrogen) atoms.